The maximum absolute atomic E-state index is 12.8. The topological polar surface area (TPSA) is 65.2 Å². The van der Waals surface area contributed by atoms with Gasteiger partial charge < -0.3 is 10.5 Å². The number of alkyl halides is 2. The maximum Gasteiger partial charge on any atom is 0.340 e. The monoisotopic (exact) mass is 308 g/mol. The van der Waals surface area contributed by atoms with Gasteiger partial charge in [-0.2, -0.15) is 0 Å². The van der Waals surface area contributed by atoms with Crippen LogP contribution in [0.3, 0.4) is 0 Å². The van der Waals surface area contributed by atoms with Crippen molar-refractivity contribution in [2.24, 2.45) is 5.73 Å². The fraction of sp³-hybridized carbons (Fsp3) is 0.400. The fourth-order valence-electron chi connectivity index (χ4n) is 1.34. The van der Waals surface area contributed by atoms with E-state index in [4.69, 9.17) is 10.5 Å². The van der Waals surface area contributed by atoms with E-state index in [2.05, 4.69) is 20.9 Å². The van der Waals surface area contributed by atoms with Crippen molar-refractivity contribution in [2.75, 3.05) is 6.61 Å². The first-order valence-corrected chi connectivity index (χ1v) is 5.65. The zero-order chi connectivity index (χ0) is 13.0. The van der Waals surface area contributed by atoms with E-state index in [-0.39, 0.29) is 29.0 Å². The van der Waals surface area contributed by atoms with Crippen LogP contribution in [-0.4, -0.2) is 17.6 Å². The van der Waals surface area contributed by atoms with Gasteiger partial charge in [0, 0.05) is 12.1 Å². The Morgan fingerprint density at radius 1 is 1.65 bits per heavy atom. The van der Waals surface area contributed by atoms with Crippen molar-refractivity contribution in [2.45, 2.75) is 19.9 Å². The molecule has 1 aromatic rings. The lowest BCUT2D eigenvalue weighted by molar-refractivity contribution is 0.0513. The Hall–Kier alpha value is -1.08. The van der Waals surface area contributed by atoms with E-state index in [1.54, 1.807) is 6.92 Å². The van der Waals surface area contributed by atoms with Crippen LogP contribution < -0.4 is 5.73 Å². The highest BCUT2D eigenvalue weighted by atomic mass is 79.9. The van der Waals surface area contributed by atoms with Gasteiger partial charge in [-0.05, 0) is 28.9 Å². The van der Waals surface area contributed by atoms with Crippen molar-refractivity contribution in [1.82, 2.24) is 4.98 Å². The molecule has 1 aromatic heterocycles. The Kier molecular flexibility index (Phi) is 4.95. The largest absolute Gasteiger partial charge is 0.462 e. The Labute approximate surface area is 105 Å². The first-order chi connectivity index (χ1) is 8.01. The number of halogens is 3. The maximum atomic E-state index is 12.8. The van der Waals surface area contributed by atoms with Crippen molar-refractivity contribution in [3.05, 3.63) is 27.5 Å². The van der Waals surface area contributed by atoms with Crippen LogP contribution in [-0.2, 0) is 11.3 Å². The number of rotatable bonds is 4. The van der Waals surface area contributed by atoms with Crippen LogP contribution in [0.15, 0.2) is 10.7 Å². The molecule has 1 heterocycles. The van der Waals surface area contributed by atoms with Crippen LogP contribution >= 0.6 is 15.9 Å². The summed E-state index contributed by atoms with van der Waals surface area (Å²) in [5.41, 5.74) is 4.81. The van der Waals surface area contributed by atoms with Gasteiger partial charge in [0.2, 0.25) is 0 Å². The molecular weight excluding hydrogens is 298 g/mol. The molecule has 0 bridgehead atoms. The zero-order valence-corrected chi connectivity index (χ0v) is 10.6. The number of nitrogens with zero attached hydrogens (tertiary/aromatic N) is 1. The second kappa shape index (κ2) is 6.02. The Balaban J connectivity index is 3.36. The van der Waals surface area contributed by atoms with E-state index < -0.39 is 18.0 Å². The molecule has 2 N–H and O–H groups in total. The summed E-state index contributed by atoms with van der Waals surface area (Å²) in [6.07, 6.45) is -2.79. The zero-order valence-electron chi connectivity index (χ0n) is 9.04. The first kappa shape index (κ1) is 14.0. The molecule has 0 fully saturated rings. The smallest absolute Gasteiger partial charge is 0.340 e. The van der Waals surface area contributed by atoms with Crippen LogP contribution in [0, 0.1) is 0 Å². The highest BCUT2D eigenvalue weighted by Crippen LogP contribution is 2.28. The molecule has 1 rings (SSSR count). The molecule has 94 valence electrons. The van der Waals surface area contributed by atoms with Crippen LogP contribution in [0.1, 0.15) is 35.0 Å². The molecule has 0 saturated heterocycles. The van der Waals surface area contributed by atoms with Crippen molar-refractivity contribution >= 4 is 21.9 Å². The lowest BCUT2D eigenvalue weighted by Crippen LogP contribution is -2.16. The van der Waals surface area contributed by atoms with Gasteiger partial charge in [-0.1, -0.05) is 0 Å². The third-order valence-electron chi connectivity index (χ3n) is 2.00. The number of pyridine rings is 1. The Morgan fingerprint density at radius 2 is 2.29 bits per heavy atom. The number of hydrogen-bond donors (Lipinski definition) is 1. The molecular formula is C10H11BrF2N2O2. The lowest BCUT2D eigenvalue weighted by Gasteiger charge is -2.12. The fourth-order valence-corrected chi connectivity index (χ4v) is 1.80. The average Bonchev–Trinajstić information content (AvgIpc) is 2.27. The van der Waals surface area contributed by atoms with Gasteiger partial charge in [0.15, 0.2) is 0 Å². The molecule has 0 aliphatic rings. The van der Waals surface area contributed by atoms with Crippen molar-refractivity contribution in [3.8, 4) is 0 Å². The summed E-state index contributed by atoms with van der Waals surface area (Å²) in [6, 6.07) is 1.09. The SMILES string of the molecule is CCOC(=O)c1c(C(F)F)cc(Br)nc1CN. The summed E-state index contributed by atoms with van der Waals surface area (Å²) < 4.78 is 30.6. The molecule has 0 saturated carbocycles. The van der Waals surface area contributed by atoms with Crippen LogP contribution in [0.4, 0.5) is 8.78 Å². The van der Waals surface area contributed by atoms with Gasteiger partial charge in [0.25, 0.3) is 6.43 Å². The molecule has 0 unspecified atom stereocenters. The molecule has 0 atom stereocenters. The number of ether oxygens (including phenoxy) is 1. The highest BCUT2D eigenvalue weighted by Gasteiger charge is 2.24. The van der Waals surface area contributed by atoms with Gasteiger partial charge in [-0.15, -0.1) is 0 Å². The predicted molar refractivity (Wildman–Crippen MR) is 60.7 cm³/mol. The third-order valence-corrected chi connectivity index (χ3v) is 2.41. The highest BCUT2D eigenvalue weighted by molar-refractivity contribution is 9.10. The molecule has 0 aromatic carbocycles. The average molecular weight is 309 g/mol. The second-order valence-electron chi connectivity index (χ2n) is 3.08. The number of esters is 1. The summed E-state index contributed by atoms with van der Waals surface area (Å²) in [7, 11) is 0. The minimum atomic E-state index is -2.79. The molecule has 17 heavy (non-hydrogen) atoms. The standard InChI is InChI=1S/C10H11BrF2N2O2/c1-2-17-10(16)8-5(9(12)13)3-7(11)15-6(8)4-14/h3,9H,2,4,14H2,1H3. The normalized spacial score (nSPS) is 10.7. The molecule has 0 spiro atoms. The van der Waals surface area contributed by atoms with Gasteiger partial charge in [0.1, 0.15) is 4.60 Å². The number of hydrogen-bond acceptors (Lipinski definition) is 4. The third kappa shape index (κ3) is 3.19. The van der Waals surface area contributed by atoms with Gasteiger partial charge in [-0.25, -0.2) is 18.6 Å². The second-order valence-corrected chi connectivity index (χ2v) is 3.89. The molecule has 0 aliphatic carbocycles. The van der Waals surface area contributed by atoms with Crippen LogP contribution in [0.25, 0.3) is 0 Å². The molecule has 0 aliphatic heterocycles. The van der Waals surface area contributed by atoms with Crippen molar-refractivity contribution < 1.29 is 18.3 Å². The van der Waals surface area contributed by atoms with E-state index in [0.717, 1.165) is 6.07 Å². The quantitative estimate of drug-likeness (QED) is 0.685. The van der Waals surface area contributed by atoms with E-state index in [9.17, 15) is 13.6 Å². The summed E-state index contributed by atoms with van der Waals surface area (Å²) in [5, 5.41) is 0. The number of nitrogens with two attached hydrogens (primary N) is 1. The Morgan fingerprint density at radius 3 is 2.76 bits per heavy atom. The summed E-state index contributed by atoms with van der Waals surface area (Å²) in [5.74, 6) is -0.830. The van der Waals surface area contributed by atoms with E-state index in [0.29, 0.717) is 0 Å². The molecule has 4 nitrogen and oxygen atoms in total. The lowest BCUT2D eigenvalue weighted by atomic mass is 10.1. The van der Waals surface area contributed by atoms with E-state index in [1.807, 2.05) is 0 Å². The van der Waals surface area contributed by atoms with Crippen LogP contribution in [0.2, 0.25) is 0 Å². The molecule has 0 amide bonds. The van der Waals surface area contributed by atoms with Crippen LogP contribution in [0.5, 0.6) is 0 Å². The molecule has 0 radical (unpaired) electrons. The summed E-state index contributed by atoms with van der Waals surface area (Å²) in [6.45, 7) is 1.57. The van der Waals surface area contributed by atoms with E-state index in [1.165, 1.54) is 0 Å². The summed E-state index contributed by atoms with van der Waals surface area (Å²) in [4.78, 5) is 15.5. The van der Waals surface area contributed by atoms with Crippen molar-refractivity contribution in [1.29, 1.82) is 0 Å². The number of carbonyl (C=O) groups excluding carboxylic acids is 1. The van der Waals surface area contributed by atoms with Gasteiger partial charge in [0.05, 0.1) is 17.9 Å². The summed E-state index contributed by atoms with van der Waals surface area (Å²) >= 11 is 2.99. The van der Waals surface area contributed by atoms with Gasteiger partial charge >= 0.3 is 5.97 Å². The van der Waals surface area contributed by atoms with Gasteiger partial charge in [-0.3, -0.25) is 0 Å². The number of aromatic nitrogens is 1. The minimum Gasteiger partial charge on any atom is -0.462 e. The Bertz CT molecular complexity index is 427. The first-order valence-electron chi connectivity index (χ1n) is 4.85. The van der Waals surface area contributed by atoms with E-state index >= 15 is 0 Å². The predicted octanol–water partition coefficient (Wildman–Crippen LogP) is 2.42. The number of carbonyl (C=O) groups is 1. The minimum absolute atomic E-state index is 0.0909. The molecule has 7 heteroatoms. The van der Waals surface area contributed by atoms with Crippen molar-refractivity contribution in [3.63, 3.8) is 0 Å².